The van der Waals surface area contributed by atoms with Crippen LogP contribution in [0.4, 0.5) is 34.1 Å². The molecule has 0 N–H and O–H groups in total. The van der Waals surface area contributed by atoms with Gasteiger partial charge in [-0.2, -0.15) is 0 Å². The summed E-state index contributed by atoms with van der Waals surface area (Å²) < 4.78 is 14.2. The van der Waals surface area contributed by atoms with Crippen LogP contribution >= 0.6 is 0 Å². The normalized spacial score (nSPS) is 12.2. The maximum absolute atomic E-state index is 7.24. The first-order valence-corrected chi connectivity index (χ1v) is 26.3. The summed E-state index contributed by atoms with van der Waals surface area (Å²) in [6, 6.07) is 53.8. The molecule has 0 atom stereocenters. The maximum atomic E-state index is 7.24. The Hall–Kier alpha value is -7.08. The van der Waals surface area contributed by atoms with E-state index in [0.717, 1.165) is 99.5 Å². The van der Waals surface area contributed by atoms with Crippen LogP contribution < -0.4 is 15.0 Å². The number of nitrogens with zero attached hydrogens (tertiary/aromatic N) is 2. The zero-order valence-electron chi connectivity index (χ0n) is 39.1. The first-order chi connectivity index (χ1) is 31.2. The van der Waals surface area contributed by atoms with E-state index in [1.54, 1.807) is 0 Å². The van der Waals surface area contributed by atoms with E-state index in [0.29, 0.717) is 0 Å². The Morgan fingerprint density at radius 1 is 0.369 bits per heavy atom. The van der Waals surface area contributed by atoms with Crippen LogP contribution in [0, 0.1) is 48.5 Å². The summed E-state index contributed by atoms with van der Waals surface area (Å²) >= 11 is 0. The molecule has 0 radical (unpaired) electrons. The number of aryl methyl sites for hydroxylation is 5. The third-order valence-corrected chi connectivity index (χ3v) is 16.2. The highest BCUT2D eigenvalue weighted by Gasteiger charge is 2.26. The van der Waals surface area contributed by atoms with E-state index in [1.165, 1.54) is 44.1 Å². The second-order valence-electron chi connectivity index (χ2n) is 19.4. The third-order valence-electron chi connectivity index (χ3n) is 14.1. The Kier molecular flexibility index (Phi) is 9.39. The minimum Gasteiger partial charge on any atom is -0.456 e. The summed E-state index contributed by atoms with van der Waals surface area (Å²) in [6.45, 7) is 22.6. The molecule has 4 nitrogen and oxygen atoms in total. The zero-order valence-corrected chi connectivity index (χ0v) is 40.1. The van der Waals surface area contributed by atoms with Crippen molar-refractivity contribution in [3.05, 3.63) is 185 Å². The molecule has 0 saturated heterocycles. The van der Waals surface area contributed by atoms with E-state index in [1.807, 2.05) is 0 Å². The number of anilines is 6. The molecule has 0 fully saturated rings. The van der Waals surface area contributed by atoms with Crippen LogP contribution in [-0.2, 0) is 0 Å². The Morgan fingerprint density at radius 3 is 1.31 bits per heavy atom. The van der Waals surface area contributed by atoms with Gasteiger partial charge in [0.2, 0.25) is 0 Å². The average Bonchev–Trinajstić information content (AvgIpc) is 3.86. The van der Waals surface area contributed by atoms with Crippen LogP contribution in [-0.4, -0.2) is 8.07 Å². The average molecular weight is 863 g/mol. The fourth-order valence-electron chi connectivity index (χ4n) is 10.1. The SMILES string of the molecule is Cc1ccc(N(c2cc(C)c(C)c(C)c2)c2cc3oc4c(ccc5oc6cc(N(c7ccc([Si](C)(C)C)cc7)c7cc(C)c(C)c(C)c7)c7ccccc7c6c54)c3c3ccccc23)cc1. The standard InChI is InChI=1S/C60H54N2O2Si/c1-35-19-21-42(22-20-35)61(44-29-36(2)40(6)37(3)30-44)52-33-55-57(49-17-13-11-15-47(49)52)51-27-28-54-59(60(51)64-55)58-50-18-14-12-16-48(50)53(34-56(58)63-54)62(45-31-38(4)41(7)39(5)32-45)43-23-25-46(26-24-43)65(8,9)10/h11-34H,1-10H3. The molecule has 2 aromatic heterocycles. The van der Waals surface area contributed by atoms with E-state index >= 15 is 0 Å². The van der Waals surface area contributed by atoms with Gasteiger partial charge in [-0.05, 0) is 153 Å². The van der Waals surface area contributed by atoms with Crippen LogP contribution in [0.3, 0.4) is 0 Å². The number of rotatable bonds is 7. The molecule has 0 bridgehead atoms. The zero-order chi connectivity index (χ0) is 45.1. The molecule has 0 aliphatic heterocycles. The van der Waals surface area contributed by atoms with Crippen LogP contribution in [0.2, 0.25) is 19.6 Å². The lowest BCUT2D eigenvalue weighted by molar-refractivity contribution is 0.663. The highest BCUT2D eigenvalue weighted by molar-refractivity contribution is 6.88. The third kappa shape index (κ3) is 6.55. The monoisotopic (exact) mass is 862 g/mol. The minimum absolute atomic E-state index is 0.804. The van der Waals surface area contributed by atoms with Crippen molar-refractivity contribution in [2.75, 3.05) is 9.80 Å². The number of furan rings is 2. The van der Waals surface area contributed by atoms with Crippen molar-refractivity contribution in [3.63, 3.8) is 0 Å². The van der Waals surface area contributed by atoms with Gasteiger partial charge in [0.15, 0.2) is 0 Å². The van der Waals surface area contributed by atoms with Gasteiger partial charge < -0.3 is 18.6 Å². The lowest BCUT2D eigenvalue weighted by atomic mass is 9.97. The Morgan fingerprint density at radius 2 is 0.815 bits per heavy atom. The van der Waals surface area contributed by atoms with Gasteiger partial charge in [0.05, 0.1) is 24.8 Å². The predicted molar refractivity (Wildman–Crippen MR) is 282 cm³/mol. The largest absolute Gasteiger partial charge is 0.456 e. The molecule has 0 saturated carbocycles. The molecule has 9 aromatic carbocycles. The molecule has 11 rings (SSSR count). The number of benzene rings is 9. The minimum atomic E-state index is -1.52. The molecule has 11 aromatic rings. The van der Waals surface area contributed by atoms with Gasteiger partial charge in [0, 0.05) is 61.8 Å². The maximum Gasteiger partial charge on any atom is 0.147 e. The van der Waals surface area contributed by atoms with Gasteiger partial charge in [-0.1, -0.05) is 103 Å². The molecule has 0 aliphatic rings. The Bertz CT molecular complexity index is 3670. The number of hydrogen-bond donors (Lipinski definition) is 0. The molecule has 0 unspecified atom stereocenters. The molecule has 0 aliphatic carbocycles. The summed E-state index contributed by atoms with van der Waals surface area (Å²) in [5, 5.41) is 10.2. The Labute approximate surface area is 382 Å². The van der Waals surface area contributed by atoms with Crippen molar-refractivity contribution in [2.24, 2.45) is 0 Å². The smallest absolute Gasteiger partial charge is 0.147 e. The van der Waals surface area contributed by atoms with Crippen LogP contribution in [0.5, 0.6) is 0 Å². The van der Waals surface area contributed by atoms with Crippen molar-refractivity contribution >= 4 is 113 Å². The highest BCUT2D eigenvalue weighted by atomic mass is 28.3. The number of fused-ring (bicyclic) bond motifs is 11. The van der Waals surface area contributed by atoms with Crippen molar-refractivity contribution in [1.82, 2.24) is 0 Å². The summed E-state index contributed by atoms with van der Waals surface area (Å²) in [5.74, 6) is 0. The molecule has 2 heterocycles. The topological polar surface area (TPSA) is 32.8 Å². The van der Waals surface area contributed by atoms with E-state index in [9.17, 15) is 0 Å². The molecule has 65 heavy (non-hydrogen) atoms. The first kappa shape index (κ1) is 40.7. The van der Waals surface area contributed by atoms with Crippen LogP contribution in [0.25, 0.3) is 65.4 Å². The van der Waals surface area contributed by atoms with Crippen molar-refractivity contribution in [3.8, 4) is 0 Å². The van der Waals surface area contributed by atoms with E-state index in [-0.39, 0.29) is 0 Å². The van der Waals surface area contributed by atoms with Gasteiger partial charge >= 0.3 is 0 Å². The predicted octanol–water partition coefficient (Wildman–Crippen LogP) is 17.4. The first-order valence-electron chi connectivity index (χ1n) is 22.8. The second kappa shape index (κ2) is 15.0. The number of hydrogen-bond acceptors (Lipinski definition) is 4. The molecule has 0 spiro atoms. The van der Waals surface area contributed by atoms with Crippen LogP contribution in [0.15, 0.2) is 154 Å². The molecule has 320 valence electrons. The van der Waals surface area contributed by atoms with Crippen molar-refractivity contribution < 1.29 is 8.83 Å². The lowest BCUT2D eigenvalue weighted by Gasteiger charge is -2.29. The molecular weight excluding hydrogens is 809 g/mol. The summed E-state index contributed by atoms with van der Waals surface area (Å²) in [7, 11) is -1.52. The van der Waals surface area contributed by atoms with Gasteiger partial charge in [0.1, 0.15) is 22.3 Å². The Balaban J connectivity index is 1.18. The molecule has 5 heteroatoms. The fourth-order valence-corrected chi connectivity index (χ4v) is 11.3. The lowest BCUT2D eigenvalue weighted by Crippen LogP contribution is -2.37. The summed E-state index contributed by atoms with van der Waals surface area (Å²) in [6.07, 6.45) is 0. The van der Waals surface area contributed by atoms with E-state index in [4.69, 9.17) is 8.83 Å². The quantitative estimate of drug-likeness (QED) is 0.149. The van der Waals surface area contributed by atoms with Gasteiger partial charge in [-0.15, -0.1) is 0 Å². The van der Waals surface area contributed by atoms with Gasteiger partial charge in [-0.25, -0.2) is 0 Å². The molecular formula is C60H54N2O2Si. The van der Waals surface area contributed by atoms with Crippen molar-refractivity contribution in [1.29, 1.82) is 0 Å². The van der Waals surface area contributed by atoms with Gasteiger partial charge in [-0.3, -0.25) is 0 Å². The molecule has 0 amide bonds. The summed E-state index contributed by atoms with van der Waals surface area (Å²) in [5.41, 5.74) is 18.9. The van der Waals surface area contributed by atoms with E-state index in [2.05, 4.69) is 223 Å². The highest BCUT2D eigenvalue weighted by Crippen LogP contribution is 2.50. The van der Waals surface area contributed by atoms with Gasteiger partial charge in [0.25, 0.3) is 0 Å². The second-order valence-corrected chi connectivity index (χ2v) is 24.4. The van der Waals surface area contributed by atoms with E-state index < -0.39 is 8.07 Å². The van der Waals surface area contributed by atoms with Crippen LogP contribution in [0.1, 0.15) is 38.9 Å². The fraction of sp³-hybridized carbons (Fsp3) is 0.167. The summed E-state index contributed by atoms with van der Waals surface area (Å²) in [4.78, 5) is 4.82. The van der Waals surface area contributed by atoms with Crippen molar-refractivity contribution in [2.45, 2.75) is 68.1 Å².